The highest BCUT2D eigenvalue weighted by atomic mass is 35.5. The second-order valence-corrected chi connectivity index (χ2v) is 34.5. The van der Waals surface area contributed by atoms with Gasteiger partial charge in [0.15, 0.2) is 0 Å². The minimum atomic E-state index is -0.742. The predicted molar refractivity (Wildman–Crippen MR) is 506 cm³/mol. The lowest BCUT2D eigenvalue weighted by atomic mass is 9.95. The van der Waals surface area contributed by atoms with Crippen LogP contribution in [0.3, 0.4) is 0 Å². The van der Waals surface area contributed by atoms with Crippen molar-refractivity contribution >= 4 is 105 Å². The number of likely N-dealkylation sites (tertiary alicyclic amines) is 4. The van der Waals surface area contributed by atoms with Gasteiger partial charge in [-0.25, -0.2) is 37.5 Å². The molecular formula is C100H97Cl3F4N16O12. The lowest BCUT2D eigenvalue weighted by Gasteiger charge is -2.18. The molecule has 2 unspecified atom stereocenters. The molecule has 135 heavy (non-hydrogen) atoms. The minimum absolute atomic E-state index is 0.00218. The first kappa shape index (κ1) is 98.3. The maximum Gasteiger partial charge on any atom is 0.254 e. The summed E-state index contributed by atoms with van der Waals surface area (Å²) in [5.74, 6) is -4.47. The second-order valence-electron chi connectivity index (χ2n) is 33.2. The van der Waals surface area contributed by atoms with Crippen molar-refractivity contribution in [2.75, 3.05) is 104 Å². The number of nitrogens with zero attached hydrogens (tertiary/aromatic N) is 8. The van der Waals surface area contributed by atoms with Gasteiger partial charge in [-0.15, -0.1) is 0 Å². The number of nitrogens with one attached hydrogen (secondary N) is 4. The van der Waals surface area contributed by atoms with Crippen LogP contribution in [-0.2, 0) is 19.2 Å². The topological polar surface area (TPSA) is 434 Å². The van der Waals surface area contributed by atoms with E-state index in [0.29, 0.717) is 128 Å². The Balaban J connectivity index is 0.000000152. The fraction of sp³-hybridized carbons (Fsp3) is 0.240. The molecule has 0 saturated carbocycles. The van der Waals surface area contributed by atoms with Gasteiger partial charge < -0.3 is 84.2 Å². The summed E-state index contributed by atoms with van der Waals surface area (Å²) in [6.45, 7) is 0.884. The number of anilines is 4. The Labute approximate surface area is 789 Å². The van der Waals surface area contributed by atoms with E-state index in [2.05, 4.69) is 41.2 Å². The number of amides is 8. The molecule has 8 heterocycles. The van der Waals surface area contributed by atoms with Crippen molar-refractivity contribution < 1.29 is 76.3 Å². The Kier molecular flexibility index (Phi) is 32.1. The van der Waals surface area contributed by atoms with E-state index >= 15 is 0 Å². The molecule has 0 bridgehead atoms. The second kappa shape index (κ2) is 44.1. The molecule has 698 valence electrons. The lowest BCUT2D eigenvalue weighted by Crippen LogP contribution is -2.31. The summed E-state index contributed by atoms with van der Waals surface area (Å²) in [5, 5.41) is 50.7. The number of pyridine rings is 4. The summed E-state index contributed by atoms with van der Waals surface area (Å²) >= 11 is 18.0. The van der Waals surface area contributed by atoms with E-state index in [1.54, 1.807) is 194 Å². The summed E-state index contributed by atoms with van der Waals surface area (Å²) in [6.07, 6.45) is 8.10. The molecule has 4 aliphatic heterocycles. The van der Waals surface area contributed by atoms with Gasteiger partial charge in [0.05, 0.1) is 72.8 Å². The molecule has 4 saturated heterocycles. The highest BCUT2D eigenvalue weighted by Crippen LogP contribution is 2.40. The smallest absolute Gasteiger partial charge is 0.254 e. The van der Waals surface area contributed by atoms with Crippen LogP contribution in [-0.4, -0.2) is 188 Å². The van der Waals surface area contributed by atoms with E-state index in [-0.39, 0.29) is 119 Å². The van der Waals surface area contributed by atoms with Gasteiger partial charge in [-0.1, -0.05) is 126 Å². The van der Waals surface area contributed by atoms with Crippen LogP contribution < -0.4 is 44.2 Å². The Morgan fingerprint density at radius 3 is 0.756 bits per heavy atom. The standard InChI is InChI=1S/3C25H24ClFN4O3.C25H25FN4O3/c3*1-31-12-17(10-23(31)33)16-8-20(24(28)29-11-16)14-5-6-19(21(27)9-14)25(34)30-22(13-32)15-3-2-4-18(26)7-15;1-30-13-18(11-23(30)32)17-9-20(24(27)28-12-17)16-7-8-19(21(26)10-16)25(33)29-22(14-31)15-5-3-2-4-6-15/h3*2-9,11,17,22,32H,10,12-13H2,1H3,(H2,28,29)(H,30,34);2-10,12,18,22,31H,11,13-14H2,1H3,(H2,27,28)(H,29,33)/t17?,22-;17-,22+;17-,22-;18?,22-/m1011/s1. The first-order valence-corrected chi connectivity index (χ1v) is 44.0. The molecule has 4 fully saturated rings. The minimum Gasteiger partial charge on any atom is -0.394 e. The normalized spacial score (nSPS) is 16.6. The first-order chi connectivity index (χ1) is 64.7. The van der Waals surface area contributed by atoms with Gasteiger partial charge in [-0.05, 0) is 176 Å². The van der Waals surface area contributed by atoms with Crippen molar-refractivity contribution in [2.24, 2.45) is 0 Å². The molecule has 0 radical (unpaired) electrons. The largest absolute Gasteiger partial charge is 0.394 e. The first-order valence-electron chi connectivity index (χ1n) is 42.8. The van der Waals surface area contributed by atoms with Gasteiger partial charge in [0.2, 0.25) is 23.6 Å². The zero-order valence-electron chi connectivity index (χ0n) is 73.6. The van der Waals surface area contributed by atoms with Gasteiger partial charge >= 0.3 is 0 Å². The van der Waals surface area contributed by atoms with Crippen LogP contribution in [0.1, 0.15) is 159 Å². The third kappa shape index (κ3) is 23.9. The van der Waals surface area contributed by atoms with Gasteiger partial charge in [0, 0.05) is 166 Å². The number of likely N-dealkylation sites (N-methyl/N-ethyl adjacent to an activating group) is 4. The number of hydrogen-bond donors (Lipinski definition) is 12. The van der Waals surface area contributed by atoms with Crippen molar-refractivity contribution in [2.45, 2.75) is 73.5 Å². The van der Waals surface area contributed by atoms with Gasteiger partial charge in [-0.3, -0.25) is 38.4 Å². The highest BCUT2D eigenvalue weighted by Gasteiger charge is 2.35. The molecule has 0 aliphatic carbocycles. The molecule has 16 N–H and O–H groups in total. The fourth-order valence-corrected chi connectivity index (χ4v) is 16.9. The van der Waals surface area contributed by atoms with Crippen LogP contribution in [0.15, 0.2) is 225 Å². The molecule has 28 nitrogen and oxygen atoms in total. The Morgan fingerprint density at radius 2 is 0.556 bits per heavy atom. The zero-order chi connectivity index (χ0) is 96.7. The van der Waals surface area contributed by atoms with Gasteiger partial charge in [0.1, 0.15) is 46.5 Å². The molecule has 0 spiro atoms. The van der Waals surface area contributed by atoms with Gasteiger partial charge in [-0.2, -0.15) is 0 Å². The third-order valence-electron chi connectivity index (χ3n) is 24.0. The molecule has 4 aliphatic rings. The van der Waals surface area contributed by atoms with Crippen LogP contribution in [0.5, 0.6) is 0 Å². The van der Waals surface area contributed by atoms with E-state index in [1.807, 2.05) is 30.3 Å². The van der Waals surface area contributed by atoms with E-state index in [1.165, 1.54) is 48.5 Å². The molecule has 35 heteroatoms. The van der Waals surface area contributed by atoms with Crippen LogP contribution in [0.4, 0.5) is 40.8 Å². The summed E-state index contributed by atoms with van der Waals surface area (Å²) in [4.78, 5) is 122. The predicted octanol–water partition coefficient (Wildman–Crippen LogP) is 13.5. The summed E-state index contributed by atoms with van der Waals surface area (Å²) in [6, 6.07) is 50.3. The van der Waals surface area contributed by atoms with Crippen molar-refractivity contribution in [1.29, 1.82) is 0 Å². The number of aliphatic hydroxyl groups excluding tert-OH is 4. The van der Waals surface area contributed by atoms with E-state index in [4.69, 9.17) is 57.7 Å². The van der Waals surface area contributed by atoms with Crippen molar-refractivity contribution in [1.82, 2.24) is 60.8 Å². The van der Waals surface area contributed by atoms with E-state index in [9.17, 15) is 76.3 Å². The lowest BCUT2D eigenvalue weighted by molar-refractivity contribution is -0.127. The highest BCUT2D eigenvalue weighted by molar-refractivity contribution is 6.31. The molecule has 8 atom stereocenters. The van der Waals surface area contributed by atoms with Crippen LogP contribution in [0.25, 0.3) is 44.5 Å². The SMILES string of the molecule is CN1CC(c2cnc(N)c(-c3ccc(C(=O)N[C@H](CO)c4cccc(Cl)c4)c(F)c3)c2)CC1=O.CN1CC(c2cnc(N)c(-c3ccc(C(=O)N[C@H](CO)c4ccccc4)c(F)c3)c2)CC1=O.CN1C[C@@H](c2cnc(N)c(-c3ccc(C(=O)N[C@H](CO)c4cccc(Cl)c4)c(F)c3)c2)CC1=O.CN1C[C@H](c2cnc(N)c(-c3ccc(C(=O)N[C@H](CO)c4cccc(Cl)c4)c(F)c3)c2)CC1=O. The number of nitrogen functional groups attached to an aromatic ring is 4. The van der Waals surface area contributed by atoms with Crippen LogP contribution in [0, 0.1) is 23.3 Å². The maximum atomic E-state index is 15.0. The molecular weight excluding hydrogens is 1800 g/mol. The number of hydrogen-bond acceptors (Lipinski definition) is 20. The van der Waals surface area contributed by atoms with Crippen LogP contribution >= 0.6 is 34.8 Å². The number of nitrogens with two attached hydrogens (primary N) is 4. The number of benzene rings is 8. The fourth-order valence-electron chi connectivity index (χ4n) is 16.3. The van der Waals surface area contributed by atoms with Crippen molar-refractivity contribution in [3.63, 3.8) is 0 Å². The summed E-state index contributed by atoms with van der Waals surface area (Å²) < 4.78 is 59.9. The number of carbonyl (C=O) groups excluding carboxylic acids is 8. The quantitative estimate of drug-likeness (QED) is 0.0250. The monoisotopic (exact) mass is 1890 g/mol. The van der Waals surface area contributed by atoms with E-state index < -0.39 is 71.1 Å². The zero-order valence-corrected chi connectivity index (χ0v) is 75.8. The van der Waals surface area contributed by atoms with E-state index in [0.717, 1.165) is 27.8 Å². The number of aromatic nitrogens is 4. The Morgan fingerprint density at radius 1 is 0.333 bits per heavy atom. The average molecular weight is 1900 g/mol. The Bertz CT molecular complexity index is 6010. The number of aliphatic hydroxyl groups is 4. The van der Waals surface area contributed by atoms with Crippen molar-refractivity contribution in [3.05, 3.63) is 330 Å². The number of carbonyl (C=O) groups is 8. The summed E-state index contributed by atoms with van der Waals surface area (Å²) in [5.41, 5.74) is 33.5. The molecule has 16 rings (SSSR count). The average Bonchev–Trinajstić information content (AvgIpc) is 1.31. The Hall–Kier alpha value is -14.3. The maximum absolute atomic E-state index is 15.0. The van der Waals surface area contributed by atoms with Gasteiger partial charge in [0.25, 0.3) is 23.6 Å². The van der Waals surface area contributed by atoms with Crippen molar-refractivity contribution in [3.8, 4) is 44.5 Å². The summed E-state index contributed by atoms with van der Waals surface area (Å²) in [7, 11) is 7.01. The van der Waals surface area contributed by atoms with Crippen LogP contribution in [0.2, 0.25) is 15.1 Å². The third-order valence-corrected chi connectivity index (χ3v) is 24.7. The number of rotatable bonds is 24. The molecule has 12 aromatic rings. The number of halogens is 7. The molecule has 4 aromatic heterocycles. The molecule has 8 aromatic carbocycles. The molecule has 8 amide bonds.